The van der Waals surface area contributed by atoms with E-state index in [9.17, 15) is 13.2 Å². The monoisotopic (exact) mass is 336 g/mol. The molecule has 0 radical (unpaired) electrons. The zero-order valence-corrected chi connectivity index (χ0v) is 13.7. The van der Waals surface area contributed by atoms with Gasteiger partial charge in [0.15, 0.2) is 0 Å². The highest BCUT2D eigenvalue weighted by atomic mass is 32.2. The van der Waals surface area contributed by atoms with Gasteiger partial charge in [-0.2, -0.15) is 4.31 Å². The van der Waals surface area contributed by atoms with E-state index >= 15 is 0 Å². The minimum Gasteiger partial charge on any atom is -0.353 e. The van der Waals surface area contributed by atoms with Crippen molar-refractivity contribution in [1.29, 1.82) is 0 Å². The quantitative estimate of drug-likeness (QED) is 0.931. The van der Waals surface area contributed by atoms with Gasteiger partial charge in [-0.3, -0.25) is 4.79 Å². The first kappa shape index (κ1) is 15.2. The Morgan fingerprint density at radius 3 is 2.55 bits per heavy atom. The first-order chi connectivity index (χ1) is 10.5. The third kappa shape index (κ3) is 2.67. The number of thiophene rings is 1. The number of hydrogen-bond acceptors (Lipinski definition) is 4. The largest absolute Gasteiger partial charge is 0.353 e. The molecule has 0 saturated carbocycles. The molecule has 116 valence electrons. The van der Waals surface area contributed by atoms with Gasteiger partial charge in [-0.15, -0.1) is 11.3 Å². The van der Waals surface area contributed by atoms with Gasteiger partial charge in [-0.25, -0.2) is 8.42 Å². The van der Waals surface area contributed by atoms with Crippen LogP contribution in [0.4, 0.5) is 0 Å². The van der Waals surface area contributed by atoms with Gasteiger partial charge in [0.2, 0.25) is 5.91 Å². The summed E-state index contributed by atoms with van der Waals surface area (Å²) in [5.74, 6) is -0.283. The molecular formula is C15H16N2O3S2. The Balaban J connectivity index is 2.05. The molecule has 22 heavy (non-hydrogen) atoms. The van der Waals surface area contributed by atoms with E-state index in [-0.39, 0.29) is 16.7 Å². The van der Waals surface area contributed by atoms with E-state index in [0.29, 0.717) is 12.1 Å². The molecule has 1 aromatic heterocycles. The third-order valence-electron chi connectivity index (χ3n) is 3.56. The van der Waals surface area contributed by atoms with Crippen molar-refractivity contribution in [1.82, 2.24) is 9.62 Å². The van der Waals surface area contributed by atoms with E-state index in [4.69, 9.17) is 0 Å². The fourth-order valence-electron chi connectivity index (χ4n) is 2.52. The summed E-state index contributed by atoms with van der Waals surface area (Å²) in [6.45, 7) is 2.46. The maximum absolute atomic E-state index is 12.9. The molecule has 0 aliphatic carbocycles. The lowest BCUT2D eigenvalue weighted by molar-refractivity contribution is -0.126. The standard InChI is InChI=1S/C15H16N2O3S2/c1-11-7-8-13(21-11)22(19,20)17-10-9-16-15(18)14(17)12-5-3-2-4-6-12/h2-8,14H,9-10H2,1H3,(H,16,18). The molecule has 1 fully saturated rings. The second-order valence-electron chi connectivity index (χ2n) is 5.09. The second kappa shape index (κ2) is 5.83. The van der Waals surface area contributed by atoms with Crippen LogP contribution in [0.5, 0.6) is 0 Å². The number of benzene rings is 1. The molecule has 1 aromatic carbocycles. The van der Waals surface area contributed by atoms with Gasteiger partial charge in [0.25, 0.3) is 10.0 Å². The molecule has 3 rings (SSSR count). The van der Waals surface area contributed by atoms with Crippen molar-refractivity contribution in [2.24, 2.45) is 0 Å². The van der Waals surface area contributed by atoms with Crippen molar-refractivity contribution in [3.8, 4) is 0 Å². The molecule has 1 unspecified atom stereocenters. The molecule has 2 aromatic rings. The predicted octanol–water partition coefficient (Wildman–Crippen LogP) is 1.92. The summed E-state index contributed by atoms with van der Waals surface area (Å²) in [6.07, 6.45) is 0. The molecule has 5 nitrogen and oxygen atoms in total. The van der Waals surface area contributed by atoms with Gasteiger partial charge >= 0.3 is 0 Å². The second-order valence-corrected chi connectivity index (χ2v) is 8.49. The molecule has 7 heteroatoms. The highest BCUT2D eigenvalue weighted by Gasteiger charge is 2.39. The zero-order chi connectivity index (χ0) is 15.7. The number of rotatable bonds is 3. The van der Waals surface area contributed by atoms with Crippen molar-refractivity contribution in [3.63, 3.8) is 0 Å². The fourth-order valence-corrected chi connectivity index (χ4v) is 5.51. The van der Waals surface area contributed by atoms with Crippen LogP contribution in [0.2, 0.25) is 0 Å². The third-order valence-corrected chi connectivity index (χ3v) is 6.89. The van der Waals surface area contributed by atoms with Gasteiger partial charge in [-0.05, 0) is 24.6 Å². The van der Waals surface area contributed by atoms with E-state index in [1.54, 1.807) is 36.4 Å². The van der Waals surface area contributed by atoms with Crippen molar-refractivity contribution < 1.29 is 13.2 Å². The lowest BCUT2D eigenvalue weighted by atomic mass is 10.1. The first-order valence-electron chi connectivity index (χ1n) is 6.91. The molecule has 1 N–H and O–H groups in total. The van der Waals surface area contributed by atoms with Crippen LogP contribution >= 0.6 is 11.3 Å². The zero-order valence-electron chi connectivity index (χ0n) is 12.0. The van der Waals surface area contributed by atoms with Crippen LogP contribution in [0, 0.1) is 6.92 Å². The Morgan fingerprint density at radius 2 is 1.91 bits per heavy atom. The number of aryl methyl sites for hydroxylation is 1. The molecule has 0 bridgehead atoms. The molecule has 1 saturated heterocycles. The Kier molecular flexibility index (Phi) is 4.03. The minimum atomic E-state index is -3.68. The SMILES string of the molecule is Cc1ccc(S(=O)(=O)N2CCNC(=O)C2c2ccccc2)s1. The van der Waals surface area contributed by atoms with Gasteiger partial charge in [0.05, 0.1) is 0 Å². The van der Waals surface area contributed by atoms with Crippen molar-refractivity contribution in [3.05, 3.63) is 52.9 Å². The summed E-state index contributed by atoms with van der Waals surface area (Å²) < 4.78 is 27.3. The molecular weight excluding hydrogens is 320 g/mol. The number of nitrogens with zero attached hydrogens (tertiary/aromatic N) is 1. The topological polar surface area (TPSA) is 66.5 Å². The van der Waals surface area contributed by atoms with Crippen LogP contribution in [0.1, 0.15) is 16.5 Å². The normalized spacial score (nSPS) is 19.9. The molecule has 1 amide bonds. The maximum atomic E-state index is 12.9. The highest BCUT2D eigenvalue weighted by molar-refractivity contribution is 7.91. The molecule has 1 atom stereocenters. The maximum Gasteiger partial charge on any atom is 0.253 e. The predicted molar refractivity (Wildman–Crippen MR) is 85.1 cm³/mol. The number of piperazine rings is 1. The highest BCUT2D eigenvalue weighted by Crippen LogP contribution is 2.32. The molecule has 0 spiro atoms. The molecule has 1 aliphatic rings. The van der Waals surface area contributed by atoms with Crippen LogP contribution in [0.3, 0.4) is 0 Å². The van der Waals surface area contributed by atoms with Gasteiger partial charge in [0.1, 0.15) is 10.3 Å². The molecule has 1 aliphatic heterocycles. The van der Waals surface area contributed by atoms with Gasteiger partial charge in [0, 0.05) is 18.0 Å². The van der Waals surface area contributed by atoms with Crippen LogP contribution in [0.15, 0.2) is 46.7 Å². The van der Waals surface area contributed by atoms with Crippen molar-refractivity contribution >= 4 is 27.3 Å². The van der Waals surface area contributed by atoms with Crippen LogP contribution in [-0.2, 0) is 14.8 Å². The Labute approximate surface area is 133 Å². The average molecular weight is 336 g/mol. The van der Waals surface area contributed by atoms with E-state index in [1.807, 2.05) is 13.0 Å². The first-order valence-corrected chi connectivity index (χ1v) is 9.17. The summed E-state index contributed by atoms with van der Waals surface area (Å²) in [5, 5.41) is 2.75. The van der Waals surface area contributed by atoms with Crippen molar-refractivity contribution in [2.45, 2.75) is 17.2 Å². The smallest absolute Gasteiger partial charge is 0.253 e. The minimum absolute atomic E-state index is 0.268. The van der Waals surface area contributed by atoms with Crippen molar-refractivity contribution in [2.75, 3.05) is 13.1 Å². The molecule has 2 heterocycles. The van der Waals surface area contributed by atoms with Crippen LogP contribution < -0.4 is 5.32 Å². The van der Waals surface area contributed by atoms with Gasteiger partial charge in [-0.1, -0.05) is 30.3 Å². The van der Waals surface area contributed by atoms with Crippen LogP contribution in [-0.4, -0.2) is 31.7 Å². The number of carbonyl (C=O) groups excluding carboxylic acids is 1. The summed E-state index contributed by atoms with van der Waals surface area (Å²) >= 11 is 1.23. The Bertz CT molecular complexity index is 784. The van der Waals surface area contributed by atoms with E-state index in [0.717, 1.165) is 4.88 Å². The number of carbonyl (C=O) groups is 1. The lowest BCUT2D eigenvalue weighted by Crippen LogP contribution is -2.51. The van der Waals surface area contributed by atoms with E-state index in [2.05, 4.69) is 5.32 Å². The van der Waals surface area contributed by atoms with Crippen LogP contribution in [0.25, 0.3) is 0 Å². The number of sulfonamides is 1. The summed E-state index contributed by atoms with van der Waals surface area (Å²) in [6, 6.07) is 11.6. The number of nitrogens with one attached hydrogen (secondary N) is 1. The van der Waals surface area contributed by atoms with E-state index < -0.39 is 16.1 Å². The number of amides is 1. The fraction of sp³-hybridized carbons (Fsp3) is 0.267. The van der Waals surface area contributed by atoms with Gasteiger partial charge < -0.3 is 5.32 Å². The summed E-state index contributed by atoms with van der Waals surface area (Å²) in [7, 11) is -3.68. The Hall–Kier alpha value is -1.70. The summed E-state index contributed by atoms with van der Waals surface area (Å²) in [4.78, 5) is 13.2. The lowest BCUT2D eigenvalue weighted by Gasteiger charge is -2.33. The summed E-state index contributed by atoms with van der Waals surface area (Å²) in [5.41, 5.74) is 0.677. The number of hydrogen-bond donors (Lipinski definition) is 1. The Morgan fingerprint density at radius 1 is 1.18 bits per heavy atom. The van der Waals surface area contributed by atoms with E-state index in [1.165, 1.54) is 15.6 Å². The average Bonchev–Trinajstić information content (AvgIpc) is 2.95.